The summed E-state index contributed by atoms with van der Waals surface area (Å²) in [6.07, 6.45) is 1.65. The van der Waals surface area contributed by atoms with Crippen LogP contribution < -0.4 is 10.1 Å². The molecule has 3 amide bonds. The zero-order valence-corrected chi connectivity index (χ0v) is 15.5. The van der Waals surface area contributed by atoms with Gasteiger partial charge in [-0.1, -0.05) is 42.5 Å². The van der Waals surface area contributed by atoms with Gasteiger partial charge in [-0.25, -0.2) is 0 Å². The summed E-state index contributed by atoms with van der Waals surface area (Å²) in [5.41, 5.74) is 1.72. The van der Waals surface area contributed by atoms with Crippen LogP contribution in [0.3, 0.4) is 0 Å². The summed E-state index contributed by atoms with van der Waals surface area (Å²) in [6, 6.07) is 16.5. The lowest BCUT2D eigenvalue weighted by Gasteiger charge is -2.12. The van der Waals surface area contributed by atoms with Crippen molar-refractivity contribution in [2.75, 3.05) is 13.7 Å². The Morgan fingerprint density at radius 3 is 2.48 bits per heavy atom. The van der Waals surface area contributed by atoms with Gasteiger partial charge in [0.2, 0.25) is 5.91 Å². The van der Waals surface area contributed by atoms with Gasteiger partial charge in [0, 0.05) is 6.54 Å². The van der Waals surface area contributed by atoms with Gasteiger partial charge in [-0.05, 0) is 41.1 Å². The molecule has 1 heterocycles. The number of thioether (sulfide) groups is 1. The van der Waals surface area contributed by atoms with E-state index in [9.17, 15) is 14.4 Å². The Morgan fingerprint density at radius 1 is 1.11 bits per heavy atom. The second-order valence-corrected chi connectivity index (χ2v) is 6.80. The predicted molar refractivity (Wildman–Crippen MR) is 104 cm³/mol. The lowest BCUT2D eigenvalue weighted by Crippen LogP contribution is -2.39. The quantitative estimate of drug-likeness (QED) is 0.777. The average molecular weight is 382 g/mol. The lowest BCUT2D eigenvalue weighted by molar-refractivity contribution is -0.129. The Kier molecular flexibility index (Phi) is 5.93. The molecular formula is C20H18N2O4S. The number of methoxy groups -OCH3 is 1. The minimum atomic E-state index is -0.451. The van der Waals surface area contributed by atoms with Gasteiger partial charge in [0.15, 0.2) is 0 Å². The molecule has 2 aromatic rings. The van der Waals surface area contributed by atoms with Gasteiger partial charge in [-0.2, -0.15) is 0 Å². The number of hydrogen-bond acceptors (Lipinski definition) is 5. The van der Waals surface area contributed by atoms with Gasteiger partial charge in [0.1, 0.15) is 12.3 Å². The molecule has 0 unspecified atom stereocenters. The number of imide groups is 1. The maximum absolute atomic E-state index is 12.4. The number of carbonyl (C=O) groups is 3. The van der Waals surface area contributed by atoms with Gasteiger partial charge in [0.05, 0.1) is 12.0 Å². The predicted octanol–water partition coefficient (Wildman–Crippen LogP) is 3.05. The van der Waals surface area contributed by atoms with Gasteiger partial charge < -0.3 is 10.1 Å². The monoisotopic (exact) mass is 382 g/mol. The summed E-state index contributed by atoms with van der Waals surface area (Å²) in [5, 5.41) is 2.27. The van der Waals surface area contributed by atoms with E-state index in [1.165, 1.54) is 0 Å². The molecule has 0 saturated carbocycles. The summed E-state index contributed by atoms with van der Waals surface area (Å²) in [7, 11) is 1.58. The third-order valence-electron chi connectivity index (χ3n) is 3.92. The first-order valence-corrected chi connectivity index (χ1v) is 9.08. The molecule has 0 atom stereocenters. The second kappa shape index (κ2) is 8.55. The molecule has 6 nitrogen and oxygen atoms in total. The normalized spacial score (nSPS) is 15.3. The van der Waals surface area contributed by atoms with Crippen LogP contribution in [0.2, 0.25) is 0 Å². The molecule has 138 valence electrons. The van der Waals surface area contributed by atoms with Gasteiger partial charge >= 0.3 is 0 Å². The first kappa shape index (κ1) is 18.7. The smallest absolute Gasteiger partial charge is 0.294 e. The lowest BCUT2D eigenvalue weighted by atomic mass is 10.2. The Bertz CT molecular complexity index is 879. The summed E-state index contributed by atoms with van der Waals surface area (Å²) in [4.78, 5) is 37.9. The third kappa shape index (κ3) is 4.77. The maximum atomic E-state index is 12.4. The van der Waals surface area contributed by atoms with E-state index in [0.717, 1.165) is 33.5 Å². The van der Waals surface area contributed by atoms with Crippen LogP contribution in [0.25, 0.3) is 6.08 Å². The molecule has 7 heteroatoms. The second-order valence-electron chi connectivity index (χ2n) is 5.80. The van der Waals surface area contributed by atoms with Crippen LogP contribution in [-0.4, -0.2) is 35.6 Å². The van der Waals surface area contributed by atoms with Crippen molar-refractivity contribution in [1.82, 2.24) is 10.2 Å². The van der Waals surface area contributed by atoms with Crippen molar-refractivity contribution >= 4 is 34.9 Å². The molecular weight excluding hydrogens is 364 g/mol. The van der Waals surface area contributed by atoms with E-state index in [0.29, 0.717) is 11.4 Å². The van der Waals surface area contributed by atoms with Crippen molar-refractivity contribution in [2.24, 2.45) is 0 Å². The highest BCUT2D eigenvalue weighted by atomic mass is 32.2. The minimum Gasteiger partial charge on any atom is -0.497 e. The van der Waals surface area contributed by atoms with E-state index in [1.807, 2.05) is 42.5 Å². The molecule has 0 aliphatic carbocycles. The van der Waals surface area contributed by atoms with Crippen molar-refractivity contribution in [1.29, 1.82) is 0 Å². The number of ether oxygens (including phenoxy) is 1. The minimum absolute atomic E-state index is 0.299. The Morgan fingerprint density at radius 2 is 1.81 bits per heavy atom. The maximum Gasteiger partial charge on any atom is 0.294 e. The molecule has 2 aromatic carbocycles. The number of rotatable bonds is 6. The van der Waals surface area contributed by atoms with Crippen LogP contribution in [0.15, 0.2) is 59.5 Å². The number of nitrogens with one attached hydrogen (secondary N) is 1. The fourth-order valence-corrected chi connectivity index (χ4v) is 3.32. The van der Waals surface area contributed by atoms with E-state index < -0.39 is 17.1 Å². The first-order chi connectivity index (χ1) is 13.1. The standard InChI is InChI=1S/C20H18N2O4S/c1-26-16-9-7-15(8-10-16)12-21-18(23)13-22-19(24)17(27-20(22)25)11-14-5-3-2-4-6-14/h2-11H,12-13H2,1H3,(H,21,23)/b17-11+. The molecule has 0 aromatic heterocycles. The van der Waals surface area contributed by atoms with E-state index in [2.05, 4.69) is 5.32 Å². The van der Waals surface area contributed by atoms with Gasteiger partial charge in [-0.15, -0.1) is 0 Å². The van der Waals surface area contributed by atoms with Crippen LogP contribution >= 0.6 is 11.8 Å². The summed E-state index contributed by atoms with van der Waals surface area (Å²) in [6.45, 7) is 0.00581. The third-order valence-corrected chi connectivity index (χ3v) is 4.83. The van der Waals surface area contributed by atoms with E-state index in [-0.39, 0.29) is 6.54 Å². The Hall–Kier alpha value is -3.06. The zero-order chi connectivity index (χ0) is 19.2. The van der Waals surface area contributed by atoms with Crippen LogP contribution in [0.5, 0.6) is 5.75 Å². The van der Waals surface area contributed by atoms with E-state index >= 15 is 0 Å². The van der Waals surface area contributed by atoms with E-state index in [4.69, 9.17) is 4.74 Å². The van der Waals surface area contributed by atoms with Crippen molar-refractivity contribution in [2.45, 2.75) is 6.54 Å². The molecule has 1 saturated heterocycles. The highest BCUT2D eigenvalue weighted by Gasteiger charge is 2.36. The molecule has 0 bridgehead atoms. The SMILES string of the molecule is COc1ccc(CNC(=O)CN2C(=O)S/C(=C/c3ccccc3)C2=O)cc1. The fourth-order valence-electron chi connectivity index (χ4n) is 2.48. The number of benzene rings is 2. The van der Waals surface area contributed by atoms with Crippen molar-refractivity contribution in [3.05, 3.63) is 70.6 Å². The van der Waals surface area contributed by atoms with Crippen molar-refractivity contribution in [3.8, 4) is 5.75 Å². The molecule has 1 fully saturated rings. The number of nitrogens with zero attached hydrogens (tertiary/aromatic N) is 1. The molecule has 27 heavy (non-hydrogen) atoms. The molecule has 1 aliphatic rings. The highest BCUT2D eigenvalue weighted by Crippen LogP contribution is 2.31. The van der Waals surface area contributed by atoms with Crippen molar-refractivity contribution in [3.63, 3.8) is 0 Å². The van der Waals surface area contributed by atoms with Gasteiger partial charge in [-0.3, -0.25) is 19.3 Å². The van der Waals surface area contributed by atoms with E-state index in [1.54, 1.807) is 25.3 Å². The summed E-state index contributed by atoms with van der Waals surface area (Å²) < 4.78 is 5.08. The van der Waals surface area contributed by atoms with Gasteiger partial charge in [0.25, 0.3) is 11.1 Å². The van der Waals surface area contributed by atoms with Crippen LogP contribution in [-0.2, 0) is 16.1 Å². The highest BCUT2D eigenvalue weighted by molar-refractivity contribution is 8.18. The number of amides is 3. The number of carbonyl (C=O) groups excluding carboxylic acids is 3. The summed E-state index contributed by atoms with van der Waals surface area (Å²) >= 11 is 0.842. The Labute approximate surface area is 161 Å². The fraction of sp³-hybridized carbons (Fsp3) is 0.150. The molecule has 1 N–H and O–H groups in total. The summed E-state index contributed by atoms with van der Waals surface area (Å²) in [5.74, 6) is -0.115. The van der Waals surface area contributed by atoms with Crippen LogP contribution in [0.4, 0.5) is 4.79 Å². The van der Waals surface area contributed by atoms with Crippen molar-refractivity contribution < 1.29 is 19.1 Å². The average Bonchev–Trinajstić information content (AvgIpc) is 2.95. The first-order valence-electron chi connectivity index (χ1n) is 8.27. The molecule has 0 radical (unpaired) electrons. The zero-order valence-electron chi connectivity index (χ0n) is 14.7. The Balaban J connectivity index is 1.58. The number of hydrogen-bond donors (Lipinski definition) is 1. The topological polar surface area (TPSA) is 75.7 Å². The van der Waals surface area contributed by atoms with Crippen LogP contribution in [0.1, 0.15) is 11.1 Å². The molecule has 3 rings (SSSR count). The molecule has 1 aliphatic heterocycles. The van der Waals surface area contributed by atoms with Crippen LogP contribution in [0, 0.1) is 0 Å². The molecule has 0 spiro atoms. The largest absolute Gasteiger partial charge is 0.497 e.